The molecule has 1 aromatic heterocycles. The van der Waals surface area contributed by atoms with Gasteiger partial charge >= 0.3 is 13.7 Å². The van der Waals surface area contributed by atoms with Gasteiger partial charge in [-0.2, -0.15) is 5.09 Å². The number of esters is 1. The zero-order valence-electron chi connectivity index (χ0n) is 14.6. The molecule has 1 aromatic carbocycles. The van der Waals surface area contributed by atoms with E-state index < -0.39 is 19.8 Å². The van der Waals surface area contributed by atoms with E-state index in [2.05, 4.69) is 10.1 Å². The third-order valence-electron chi connectivity index (χ3n) is 2.93. The molecule has 0 aliphatic heterocycles. The SMILES string of the molecule is CC(C)OC(=O)[C@@H](C)NP(=O)(Oc1ccccc1)Oc1cncc(Cl)c1. The molecular formula is C17H20ClN2O5P. The summed E-state index contributed by atoms with van der Waals surface area (Å²) in [7, 11) is -3.99. The first-order valence-electron chi connectivity index (χ1n) is 7.90. The summed E-state index contributed by atoms with van der Waals surface area (Å²) >= 11 is 5.88. The quantitative estimate of drug-likeness (QED) is 0.526. The number of ether oxygens (including phenoxy) is 1. The first-order chi connectivity index (χ1) is 12.3. The Morgan fingerprint density at radius 1 is 1.12 bits per heavy atom. The number of aromatic nitrogens is 1. The van der Waals surface area contributed by atoms with Gasteiger partial charge in [0.15, 0.2) is 5.75 Å². The minimum atomic E-state index is -3.99. The Balaban J connectivity index is 2.22. The molecule has 0 amide bonds. The third kappa shape index (κ3) is 6.33. The van der Waals surface area contributed by atoms with Crippen molar-refractivity contribution in [2.45, 2.75) is 32.9 Å². The highest BCUT2D eigenvalue weighted by Crippen LogP contribution is 2.45. The minimum absolute atomic E-state index is 0.133. The Labute approximate surface area is 157 Å². The Morgan fingerprint density at radius 3 is 2.38 bits per heavy atom. The zero-order valence-corrected chi connectivity index (χ0v) is 16.2. The van der Waals surface area contributed by atoms with Gasteiger partial charge in [-0.05, 0) is 32.9 Å². The van der Waals surface area contributed by atoms with E-state index in [1.165, 1.54) is 25.4 Å². The van der Waals surface area contributed by atoms with Gasteiger partial charge in [0.05, 0.1) is 17.3 Å². The molecule has 7 nitrogen and oxygen atoms in total. The molecule has 1 unspecified atom stereocenters. The first kappa shape index (κ1) is 20.2. The molecular weight excluding hydrogens is 379 g/mol. The van der Waals surface area contributed by atoms with Gasteiger partial charge < -0.3 is 13.8 Å². The molecule has 26 heavy (non-hydrogen) atoms. The monoisotopic (exact) mass is 398 g/mol. The van der Waals surface area contributed by atoms with Gasteiger partial charge in [0, 0.05) is 12.3 Å². The van der Waals surface area contributed by atoms with Crippen LogP contribution in [0.5, 0.6) is 11.5 Å². The van der Waals surface area contributed by atoms with Crippen LogP contribution in [0.2, 0.25) is 5.02 Å². The number of nitrogens with one attached hydrogen (secondary N) is 1. The summed E-state index contributed by atoms with van der Waals surface area (Å²) in [6.45, 7) is 4.95. The van der Waals surface area contributed by atoms with Crippen molar-refractivity contribution in [3.05, 3.63) is 53.8 Å². The lowest BCUT2D eigenvalue weighted by atomic mass is 10.3. The summed E-state index contributed by atoms with van der Waals surface area (Å²) in [4.78, 5) is 15.9. The molecule has 0 fully saturated rings. The average molecular weight is 399 g/mol. The van der Waals surface area contributed by atoms with E-state index >= 15 is 0 Å². The second kappa shape index (κ2) is 9.03. The van der Waals surface area contributed by atoms with Crippen LogP contribution in [-0.2, 0) is 14.1 Å². The van der Waals surface area contributed by atoms with Crippen molar-refractivity contribution in [3.8, 4) is 11.5 Å². The maximum absolute atomic E-state index is 13.2. The van der Waals surface area contributed by atoms with Crippen LogP contribution >= 0.6 is 19.3 Å². The second-order valence-electron chi connectivity index (χ2n) is 5.67. The van der Waals surface area contributed by atoms with Crippen LogP contribution in [0.1, 0.15) is 20.8 Å². The molecule has 2 aromatic rings. The second-order valence-corrected chi connectivity index (χ2v) is 7.72. The van der Waals surface area contributed by atoms with Gasteiger partial charge in [-0.25, -0.2) is 4.57 Å². The Morgan fingerprint density at radius 2 is 1.77 bits per heavy atom. The molecule has 140 valence electrons. The number of halogens is 1. The predicted octanol–water partition coefficient (Wildman–Crippen LogP) is 4.23. The van der Waals surface area contributed by atoms with E-state index in [9.17, 15) is 9.36 Å². The lowest BCUT2D eigenvalue weighted by Gasteiger charge is -2.23. The molecule has 0 saturated carbocycles. The molecule has 2 atom stereocenters. The molecule has 2 rings (SSSR count). The number of carbonyl (C=O) groups excluding carboxylic acids is 1. The highest BCUT2D eigenvalue weighted by Gasteiger charge is 2.34. The number of pyridine rings is 1. The van der Waals surface area contributed by atoms with E-state index in [-0.39, 0.29) is 11.9 Å². The smallest absolute Gasteiger partial charge is 0.462 e. The van der Waals surface area contributed by atoms with Crippen molar-refractivity contribution in [1.29, 1.82) is 0 Å². The molecule has 0 saturated heterocycles. The maximum Gasteiger partial charge on any atom is 0.513 e. The topological polar surface area (TPSA) is 86.8 Å². The van der Waals surface area contributed by atoms with Crippen LogP contribution in [-0.4, -0.2) is 23.1 Å². The van der Waals surface area contributed by atoms with Crippen LogP contribution in [0.25, 0.3) is 0 Å². The van der Waals surface area contributed by atoms with Crippen LogP contribution < -0.4 is 14.1 Å². The summed E-state index contributed by atoms with van der Waals surface area (Å²) in [5, 5.41) is 2.89. The van der Waals surface area contributed by atoms with Crippen LogP contribution in [0.4, 0.5) is 0 Å². The summed E-state index contributed by atoms with van der Waals surface area (Å²) in [5.74, 6) is -0.138. The number of carbonyl (C=O) groups is 1. The summed E-state index contributed by atoms with van der Waals surface area (Å²) in [6, 6.07) is 8.97. The Bertz CT molecular complexity index is 788. The number of hydrogen-bond acceptors (Lipinski definition) is 6. The van der Waals surface area contributed by atoms with Gasteiger partial charge in [0.2, 0.25) is 0 Å². The summed E-state index contributed by atoms with van der Waals surface area (Å²) in [5.41, 5.74) is 0. The van der Waals surface area contributed by atoms with Crippen molar-refractivity contribution in [2.75, 3.05) is 0 Å². The number of benzene rings is 1. The van der Waals surface area contributed by atoms with Gasteiger partial charge in [0.1, 0.15) is 11.8 Å². The lowest BCUT2D eigenvalue weighted by molar-refractivity contribution is -0.149. The fourth-order valence-corrected chi connectivity index (χ4v) is 3.56. The van der Waals surface area contributed by atoms with Gasteiger partial charge in [-0.1, -0.05) is 29.8 Å². The largest absolute Gasteiger partial charge is 0.513 e. The van der Waals surface area contributed by atoms with E-state index in [0.717, 1.165) is 0 Å². The number of hydrogen-bond donors (Lipinski definition) is 1. The molecule has 0 aliphatic carbocycles. The molecule has 9 heteroatoms. The molecule has 0 radical (unpaired) electrons. The van der Waals surface area contributed by atoms with E-state index in [1.807, 2.05) is 0 Å². The minimum Gasteiger partial charge on any atom is -0.462 e. The van der Waals surface area contributed by atoms with E-state index in [4.69, 9.17) is 25.4 Å². The summed E-state index contributed by atoms with van der Waals surface area (Å²) < 4.78 is 29.3. The number of nitrogens with zero attached hydrogens (tertiary/aromatic N) is 1. The molecule has 0 aliphatic rings. The molecule has 0 bridgehead atoms. The molecule has 1 heterocycles. The van der Waals surface area contributed by atoms with E-state index in [0.29, 0.717) is 10.8 Å². The van der Waals surface area contributed by atoms with Crippen LogP contribution in [0, 0.1) is 0 Å². The van der Waals surface area contributed by atoms with Crippen molar-refractivity contribution < 1.29 is 23.1 Å². The zero-order chi connectivity index (χ0) is 19.2. The van der Waals surface area contributed by atoms with Crippen molar-refractivity contribution in [1.82, 2.24) is 10.1 Å². The Kier molecular flexibility index (Phi) is 7.03. The average Bonchev–Trinajstić information content (AvgIpc) is 2.54. The van der Waals surface area contributed by atoms with Gasteiger partial charge in [-0.3, -0.25) is 9.78 Å². The van der Waals surface area contributed by atoms with Crippen LogP contribution in [0.3, 0.4) is 0 Å². The van der Waals surface area contributed by atoms with Crippen molar-refractivity contribution in [3.63, 3.8) is 0 Å². The third-order valence-corrected chi connectivity index (χ3v) is 4.74. The van der Waals surface area contributed by atoms with Crippen molar-refractivity contribution >= 4 is 25.3 Å². The standard InChI is InChI=1S/C17H20ClN2O5P/c1-12(2)23-17(21)13(3)20-26(22,24-15-7-5-4-6-8-15)25-16-9-14(18)10-19-11-16/h4-13H,1-3H3,(H,20,22)/t13-,26?/m1/s1. The van der Waals surface area contributed by atoms with Gasteiger partial charge in [0.25, 0.3) is 0 Å². The first-order valence-corrected chi connectivity index (χ1v) is 9.82. The van der Waals surface area contributed by atoms with Crippen molar-refractivity contribution in [2.24, 2.45) is 0 Å². The number of rotatable bonds is 8. The summed E-state index contributed by atoms with van der Waals surface area (Å²) in [6.07, 6.45) is 2.44. The highest BCUT2D eigenvalue weighted by atomic mass is 35.5. The van der Waals surface area contributed by atoms with E-state index in [1.54, 1.807) is 44.2 Å². The van der Waals surface area contributed by atoms with Crippen LogP contribution in [0.15, 0.2) is 48.8 Å². The normalized spacial score (nSPS) is 14.3. The number of para-hydroxylation sites is 1. The molecule has 0 spiro atoms. The van der Waals surface area contributed by atoms with Gasteiger partial charge in [-0.15, -0.1) is 0 Å². The fourth-order valence-electron chi connectivity index (χ4n) is 1.90. The molecule has 1 N–H and O–H groups in total. The Hall–Kier alpha value is -2.08. The lowest BCUT2D eigenvalue weighted by Crippen LogP contribution is -2.36. The maximum atomic E-state index is 13.2. The predicted molar refractivity (Wildman–Crippen MR) is 98.4 cm³/mol. The highest BCUT2D eigenvalue weighted by molar-refractivity contribution is 7.52. The fraction of sp³-hybridized carbons (Fsp3) is 0.294.